The predicted octanol–water partition coefficient (Wildman–Crippen LogP) is 3.06. The average molecular weight is 300 g/mol. The molecular formula is C15H16N4OS. The maximum atomic E-state index is 12.3. The molecule has 0 aliphatic rings. The highest BCUT2D eigenvalue weighted by atomic mass is 32.1. The molecule has 1 amide bonds. The zero-order chi connectivity index (χ0) is 14.7. The summed E-state index contributed by atoms with van der Waals surface area (Å²) in [4.78, 5) is 13.0. The number of pyridine rings is 1. The lowest BCUT2D eigenvalue weighted by Gasteiger charge is -2.16. The Hall–Kier alpha value is -2.21. The lowest BCUT2D eigenvalue weighted by atomic mass is 10.1. The average Bonchev–Trinajstić information content (AvgIpc) is 3.16. The van der Waals surface area contributed by atoms with E-state index in [4.69, 9.17) is 0 Å². The topological polar surface area (TPSA) is 59.3 Å². The van der Waals surface area contributed by atoms with Crippen LogP contribution in [0.4, 0.5) is 0 Å². The fourth-order valence-corrected chi connectivity index (χ4v) is 2.92. The summed E-state index contributed by atoms with van der Waals surface area (Å²) in [5, 5.41) is 13.4. The fraction of sp³-hybridized carbons (Fsp3) is 0.267. The quantitative estimate of drug-likeness (QED) is 0.788. The SMILES string of the molecule is CCCC(NC(=O)c1cccs1)c1nnc2ccccn12. The molecule has 1 N–H and O–H groups in total. The van der Waals surface area contributed by atoms with Crippen molar-refractivity contribution in [2.45, 2.75) is 25.8 Å². The van der Waals surface area contributed by atoms with Crippen LogP contribution in [0.5, 0.6) is 0 Å². The molecule has 1 atom stereocenters. The van der Waals surface area contributed by atoms with E-state index < -0.39 is 0 Å². The van der Waals surface area contributed by atoms with Crippen molar-refractivity contribution < 1.29 is 4.79 Å². The van der Waals surface area contributed by atoms with Crippen LogP contribution in [-0.4, -0.2) is 20.5 Å². The Morgan fingerprint density at radius 2 is 2.24 bits per heavy atom. The largest absolute Gasteiger partial charge is 0.341 e. The van der Waals surface area contributed by atoms with Crippen molar-refractivity contribution in [1.29, 1.82) is 0 Å². The normalized spacial score (nSPS) is 12.4. The standard InChI is InChI=1S/C15H16N4OS/c1-2-6-11(16-15(20)12-7-5-10-21-12)14-18-17-13-8-3-4-9-19(13)14/h3-5,7-11H,2,6H2,1H3,(H,16,20). The molecule has 3 heterocycles. The van der Waals surface area contributed by atoms with Crippen molar-refractivity contribution in [1.82, 2.24) is 19.9 Å². The zero-order valence-electron chi connectivity index (χ0n) is 11.7. The molecule has 0 aliphatic heterocycles. The lowest BCUT2D eigenvalue weighted by molar-refractivity contribution is 0.0936. The summed E-state index contributed by atoms with van der Waals surface area (Å²) in [6, 6.07) is 9.32. The van der Waals surface area contributed by atoms with Gasteiger partial charge in [0.2, 0.25) is 0 Å². The van der Waals surface area contributed by atoms with Gasteiger partial charge in [-0.3, -0.25) is 9.20 Å². The molecule has 1 unspecified atom stereocenters. The van der Waals surface area contributed by atoms with E-state index in [1.165, 1.54) is 11.3 Å². The first-order chi connectivity index (χ1) is 10.3. The number of thiophene rings is 1. The van der Waals surface area contributed by atoms with Gasteiger partial charge in [-0.1, -0.05) is 25.5 Å². The Bertz CT molecular complexity index is 735. The molecule has 108 valence electrons. The maximum absolute atomic E-state index is 12.3. The van der Waals surface area contributed by atoms with Crippen LogP contribution in [0.1, 0.15) is 41.3 Å². The van der Waals surface area contributed by atoms with Crippen LogP contribution < -0.4 is 5.32 Å². The van der Waals surface area contributed by atoms with E-state index in [9.17, 15) is 4.79 Å². The molecule has 0 saturated heterocycles. The number of rotatable bonds is 5. The predicted molar refractivity (Wildman–Crippen MR) is 82.4 cm³/mol. The highest BCUT2D eigenvalue weighted by molar-refractivity contribution is 7.12. The van der Waals surface area contributed by atoms with Crippen LogP contribution in [0.3, 0.4) is 0 Å². The number of hydrogen-bond donors (Lipinski definition) is 1. The third-order valence-electron chi connectivity index (χ3n) is 3.28. The van der Waals surface area contributed by atoms with Gasteiger partial charge in [0.15, 0.2) is 11.5 Å². The Labute approximate surface area is 126 Å². The summed E-state index contributed by atoms with van der Waals surface area (Å²) in [5.41, 5.74) is 0.791. The number of hydrogen-bond acceptors (Lipinski definition) is 4. The molecule has 21 heavy (non-hydrogen) atoms. The van der Waals surface area contributed by atoms with Crippen molar-refractivity contribution in [2.24, 2.45) is 0 Å². The summed E-state index contributed by atoms with van der Waals surface area (Å²) in [7, 11) is 0. The summed E-state index contributed by atoms with van der Waals surface area (Å²) in [5.74, 6) is 0.716. The second-order valence-corrected chi connectivity index (χ2v) is 5.73. The second kappa shape index (κ2) is 6.05. The van der Waals surface area contributed by atoms with Gasteiger partial charge in [0.1, 0.15) is 0 Å². The van der Waals surface area contributed by atoms with Gasteiger partial charge in [-0.25, -0.2) is 0 Å². The van der Waals surface area contributed by atoms with E-state index in [0.29, 0.717) is 4.88 Å². The fourth-order valence-electron chi connectivity index (χ4n) is 2.29. The van der Waals surface area contributed by atoms with Gasteiger partial charge in [-0.15, -0.1) is 21.5 Å². The van der Waals surface area contributed by atoms with Crippen molar-refractivity contribution in [3.8, 4) is 0 Å². The summed E-state index contributed by atoms with van der Waals surface area (Å²) in [6.07, 6.45) is 3.70. The van der Waals surface area contributed by atoms with Gasteiger partial charge in [-0.05, 0) is 30.0 Å². The van der Waals surface area contributed by atoms with Crippen LogP contribution in [-0.2, 0) is 0 Å². The molecular weight excluding hydrogens is 284 g/mol. The van der Waals surface area contributed by atoms with Crippen LogP contribution in [0.2, 0.25) is 0 Å². The number of carbonyl (C=O) groups is 1. The molecule has 0 saturated carbocycles. The van der Waals surface area contributed by atoms with Crippen molar-refractivity contribution in [3.05, 3.63) is 52.6 Å². The third-order valence-corrected chi connectivity index (χ3v) is 4.15. The van der Waals surface area contributed by atoms with E-state index >= 15 is 0 Å². The Kier molecular flexibility index (Phi) is 3.96. The minimum Gasteiger partial charge on any atom is -0.341 e. The molecule has 3 rings (SSSR count). The molecule has 0 aliphatic carbocycles. The monoisotopic (exact) mass is 300 g/mol. The van der Waals surface area contributed by atoms with Gasteiger partial charge in [0.25, 0.3) is 5.91 Å². The van der Waals surface area contributed by atoms with Crippen LogP contribution in [0.25, 0.3) is 5.65 Å². The Balaban J connectivity index is 1.89. The van der Waals surface area contributed by atoms with E-state index in [1.807, 2.05) is 46.3 Å². The van der Waals surface area contributed by atoms with E-state index in [2.05, 4.69) is 22.4 Å². The van der Waals surface area contributed by atoms with Crippen LogP contribution >= 0.6 is 11.3 Å². The highest BCUT2D eigenvalue weighted by Crippen LogP contribution is 2.19. The molecule has 0 fully saturated rings. The summed E-state index contributed by atoms with van der Waals surface area (Å²) >= 11 is 1.44. The van der Waals surface area contributed by atoms with Crippen LogP contribution in [0.15, 0.2) is 41.9 Å². The van der Waals surface area contributed by atoms with E-state index in [0.717, 1.165) is 24.3 Å². The first kappa shape index (κ1) is 13.8. The van der Waals surface area contributed by atoms with E-state index in [-0.39, 0.29) is 11.9 Å². The van der Waals surface area contributed by atoms with Gasteiger partial charge in [-0.2, -0.15) is 0 Å². The number of aromatic nitrogens is 3. The number of fused-ring (bicyclic) bond motifs is 1. The van der Waals surface area contributed by atoms with Crippen molar-refractivity contribution >= 4 is 22.9 Å². The summed E-state index contributed by atoms with van der Waals surface area (Å²) in [6.45, 7) is 2.09. The van der Waals surface area contributed by atoms with E-state index in [1.54, 1.807) is 0 Å². The van der Waals surface area contributed by atoms with Gasteiger partial charge in [0, 0.05) is 6.20 Å². The minimum absolute atomic E-state index is 0.0591. The third kappa shape index (κ3) is 2.80. The maximum Gasteiger partial charge on any atom is 0.261 e. The minimum atomic E-state index is -0.137. The molecule has 0 bridgehead atoms. The number of nitrogens with one attached hydrogen (secondary N) is 1. The number of nitrogens with zero attached hydrogens (tertiary/aromatic N) is 3. The second-order valence-electron chi connectivity index (χ2n) is 4.78. The molecule has 0 spiro atoms. The Morgan fingerprint density at radius 3 is 3.00 bits per heavy atom. The lowest BCUT2D eigenvalue weighted by Crippen LogP contribution is -2.29. The molecule has 3 aromatic rings. The molecule has 0 aromatic carbocycles. The summed E-state index contributed by atoms with van der Waals surface area (Å²) < 4.78 is 1.93. The van der Waals surface area contributed by atoms with Crippen molar-refractivity contribution in [2.75, 3.05) is 0 Å². The smallest absolute Gasteiger partial charge is 0.261 e. The number of carbonyl (C=O) groups excluding carboxylic acids is 1. The van der Waals surface area contributed by atoms with Gasteiger partial charge in [0.05, 0.1) is 10.9 Å². The van der Waals surface area contributed by atoms with Gasteiger partial charge < -0.3 is 5.32 Å². The van der Waals surface area contributed by atoms with Gasteiger partial charge >= 0.3 is 0 Å². The van der Waals surface area contributed by atoms with Crippen LogP contribution in [0, 0.1) is 0 Å². The first-order valence-corrected chi connectivity index (χ1v) is 7.81. The first-order valence-electron chi connectivity index (χ1n) is 6.93. The Morgan fingerprint density at radius 1 is 1.33 bits per heavy atom. The number of amides is 1. The molecule has 5 nitrogen and oxygen atoms in total. The van der Waals surface area contributed by atoms with Crippen molar-refractivity contribution in [3.63, 3.8) is 0 Å². The molecule has 0 radical (unpaired) electrons. The molecule has 6 heteroatoms. The molecule has 3 aromatic heterocycles. The highest BCUT2D eigenvalue weighted by Gasteiger charge is 2.20. The zero-order valence-corrected chi connectivity index (χ0v) is 12.5.